The van der Waals surface area contributed by atoms with Gasteiger partial charge in [-0.15, -0.1) is 0 Å². The van der Waals surface area contributed by atoms with Crippen LogP contribution in [0, 0.1) is 11.7 Å². The summed E-state index contributed by atoms with van der Waals surface area (Å²) in [5, 5.41) is 2.46. The SMILES string of the molecule is O=C(NCc1cccc(OC(F)F)c1)C1CCN(S(=O)(=O)c2ccc(F)c(Cl)c2)CC1. The summed E-state index contributed by atoms with van der Waals surface area (Å²) in [7, 11) is -3.85. The molecule has 1 aliphatic rings. The minimum Gasteiger partial charge on any atom is -0.435 e. The first-order valence-electron chi connectivity index (χ1n) is 9.43. The van der Waals surface area contributed by atoms with E-state index in [1.54, 1.807) is 12.1 Å². The zero-order valence-corrected chi connectivity index (χ0v) is 17.8. The first-order chi connectivity index (χ1) is 14.7. The average molecular weight is 477 g/mol. The minimum atomic E-state index is -3.85. The standard InChI is InChI=1S/C20H20ClF3N2O4S/c21-17-11-16(4-5-18(17)22)31(28,29)26-8-6-14(7-9-26)19(27)25-12-13-2-1-3-15(10-13)30-20(23)24/h1-5,10-11,14,20H,6-9,12H2,(H,25,27). The van der Waals surface area contributed by atoms with E-state index >= 15 is 0 Å². The maximum absolute atomic E-state index is 13.3. The number of nitrogens with one attached hydrogen (secondary N) is 1. The lowest BCUT2D eigenvalue weighted by atomic mass is 9.97. The summed E-state index contributed by atoms with van der Waals surface area (Å²) in [4.78, 5) is 12.3. The van der Waals surface area contributed by atoms with Gasteiger partial charge in [0.05, 0.1) is 9.92 Å². The Labute approximate surface area is 183 Å². The molecule has 1 N–H and O–H groups in total. The molecule has 0 aromatic heterocycles. The van der Waals surface area contributed by atoms with Crippen molar-refractivity contribution in [3.8, 4) is 5.75 Å². The first kappa shape index (κ1) is 23.4. The van der Waals surface area contributed by atoms with Crippen LogP contribution in [-0.4, -0.2) is 38.3 Å². The maximum Gasteiger partial charge on any atom is 0.387 e. The van der Waals surface area contributed by atoms with Gasteiger partial charge in [-0.25, -0.2) is 12.8 Å². The van der Waals surface area contributed by atoms with Crippen LogP contribution in [-0.2, 0) is 21.4 Å². The Morgan fingerprint density at radius 3 is 2.55 bits per heavy atom. The molecule has 0 radical (unpaired) electrons. The fourth-order valence-electron chi connectivity index (χ4n) is 3.31. The van der Waals surface area contributed by atoms with Gasteiger partial charge in [0.1, 0.15) is 11.6 Å². The Kier molecular flexibility index (Phi) is 7.45. The van der Waals surface area contributed by atoms with Gasteiger partial charge >= 0.3 is 6.61 Å². The van der Waals surface area contributed by atoms with Gasteiger partial charge in [-0.1, -0.05) is 23.7 Å². The molecule has 0 saturated carbocycles. The third kappa shape index (κ3) is 5.90. The molecule has 2 aromatic carbocycles. The van der Waals surface area contributed by atoms with Gasteiger partial charge in [0, 0.05) is 25.6 Å². The largest absolute Gasteiger partial charge is 0.435 e. The number of carbonyl (C=O) groups excluding carboxylic acids is 1. The van der Waals surface area contributed by atoms with Crippen molar-refractivity contribution in [1.29, 1.82) is 0 Å². The summed E-state index contributed by atoms with van der Waals surface area (Å²) in [5.74, 6) is -1.34. The molecule has 1 saturated heterocycles. The van der Waals surface area contributed by atoms with Crippen LogP contribution in [0.2, 0.25) is 5.02 Å². The molecular weight excluding hydrogens is 457 g/mol. The molecule has 0 spiro atoms. The van der Waals surface area contributed by atoms with Crippen LogP contribution in [0.1, 0.15) is 18.4 Å². The van der Waals surface area contributed by atoms with Crippen LogP contribution >= 0.6 is 11.6 Å². The topological polar surface area (TPSA) is 75.7 Å². The van der Waals surface area contributed by atoms with Crippen molar-refractivity contribution >= 4 is 27.5 Å². The van der Waals surface area contributed by atoms with Gasteiger partial charge in [-0.05, 0) is 48.7 Å². The zero-order chi connectivity index (χ0) is 22.6. The number of alkyl halides is 2. The normalized spacial score (nSPS) is 15.8. The molecule has 2 aromatic rings. The first-order valence-corrected chi connectivity index (χ1v) is 11.3. The van der Waals surface area contributed by atoms with Crippen molar-refractivity contribution < 1.29 is 31.1 Å². The molecule has 0 bridgehead atoms. The number of amides is 1. The number of rotatable bonds is 7. The lowest BCUT2D eigenvalue weighted by Gasteiger charge is -2.30. The molecule has 6 nitrogen and oxygen atoms in total. The third-order valence-corrected chi connectivity index (χ3v) is 7.13. The molecule has 1 amide bonds. The molecule has 1 fully saturated rings. The second-order valence-electron chi connectivity index (χ2n) is 7.00. The predicted octanol–water partition coefficient (Wildman–Crippen LogP) is 3.80. The second-order valence-corrected chi connectivity index (χ2v) is 9.34. The Morgan fingerprint density at radius 1 is 1.19 bits per heavy atom. The highest BCUT2D eigenvalue weighted by molar-refractivity contribution is 7.89. The van der Waals surface area contributed by atoms with E-state index in [2.05, 4.69) is 10.1 Å². The van der Waals surface area contributed by atoms with Crippen molar-refractivity contribution in [2.45, 2.75) is 30.9 Å². The van der Waals surface area contributed by atoms with E-state index in [-0.39, 0.29) is 47.1 Å². The number of halogens is 4. The van der Waals surface area contributed by atoms with Crippen LogP contribution in [0.25, 0.3) is 0 Å². The summed E-state index contributed by atoms with van der Waals surface area (Å²) in [5.41, 5.74) is 0.597. The maximum atomic E-state index is 13.3. The minimum absolute atomic E-state index is 0.00107. The summed E-state index contributed by atoms with van der Waals surface area (Å²) in [6, 6.07) is 9.23. The second kappa shape index (κ2) is 9.88. The highest BCUT2D eigenvalue weighted by atomic mass is 35.5. The molecule has 0 atom stereocenters. The van der Waals surface area contributed by atoms with Gasteiger partial charge in [0.2, 0.25) is 15.9 Å². The van der Waals surface area contributed by atoms with Crippen LogP contribution in [0.5, 0.6) is 5.75 Å². The van der Waals surface area contributed by atoms with Crippen molar-refractivity contribution in [1.82, 2.24) is 9.62 Å². The van der Waals surface area contributed by atoms with Crippen LogP contribution < -0.4 is 10.1 Å². The van der Waals surface area contributed by atoms with Crippen LogP contribution in [0.3, 0.4) is 0 Å². The molecule has 0 aliphatic carbocycles. The number of nitrogens with zero attached hydrogens (tertiary/aromatic N) is 1. The fourth-order valence-corrected chi connectivity index (χ4v) is 5.05. The zero-order valence-electron chi connectivity index (χ0n) is 16.2. The van der Waals surface area contributed by atoms with E-state index in [0.717, 1.165) is 18.2 Å². The van der Waals surface area contributed by atoms with Crippen molar-refractivity contribution in [3.63, 3.8) is 0 Å². The monoisotopic (exact) mass is 476 g/mol. The van der Waals surface area contributed by atoms with Gasteiger partial charge in [-0.2, -0.15) is 13.1 Å². The summed E-state index contributed by atoms with van der Waals surface area (Å²) in [6.07, 6.45) is 0.628. The molecular formula is C20H20ClF3N2O4S. The van der Waals surface area contributed by atoms with Crippen molar-refractivity contribution in [3.05, 3.63) is 58.9 Å². The lowest BCUT2D eigenvalue weighted by Crippen LogP contribution is -2.42. The number of hydrogen-bond donors (Lipinski definition) is 1. The molecule has 1 aliphatic heterocycles. The van der Waals surface area contributed by atoms with E-state index < -0.39 is 22.5 Å². The molecule has 1 heterocycles. The predicted molar refractivity (Wildman–Crippen MR) is 108 cm³/mol. The summed E-state index contributed by atoms with van der Waals surface area (Å²) < 4.78 is 69.0. The van der Waals surface area contributed by atoms with E-state index in [0.29, 0.717) is 18.4 Å². The fraction of sp³-hybridized carbons (Fsp3) is 0.350. The van der Waals surface area contributed by atoms with E-state index in [1.165, 1.54) is 16.4 Å². The Morgan fingerprint density at radius 2 is 1.90 bits per heavy atom. The lowest BCUT2D eigenvalue weighted by molar-refractivity contribution is -0.126. The average Bonchev–Trinajstić information content (AvgIpc) is 2.74. The highest BCUT2D eigenvalue weighted by Gasteiger charge is 2.32. The van der Waals surface area contributed by atoms with Crippen LogP contribution in [0.15, 0.2) is 47.4 Å². The number of ether oxygens (including phenoxy) is 1. The third-order valence-electron chi connectivity index (χ3n) is 4.94. The summed E-state index contributed by atoms with van der Waals surface area (Å²) in [6.45, 7) is -2.54. The van der Waals surface area contributed by atoms with Gasteiger partial charge in [0.15, 0.2) is 0 Å². The van der Waals surface area contributed by atoms with Crippen LogP contribution in [0.4, 0.5) is 13.2 Å². The van der Waals surface area contributed by atoms with Gasteiger partial charge < -0.3 is 10.1 Å². The van der Waals surface area contributed by atoms with E-state index in [1.807, 2.05) is 0 Å². The number of piperidine rings is 1. The Balaban J connectivity index is 1.54. The number of hydrogen-bond acceptors (Lipinski definition) is 4. The molecule has 0 unspecified atom stereocenters. The highest BCUT2D eigenvalue weighted by Crippen LogP contribution is 2.26. The van der Waals surface area contributed by atoms with Crippen molar-refractivity contribution in [2.24, 2.45) is 5.92 Å². The number of carbonyl (C=O) groups is 1. The molecule has 31 heavy (non-hydrogen) atoms. The number of benzene rings is 2. The van der Waals surface area contributed by atoms with E-state index in [4.69, 9.17) is 11.6 Å². The molecule has 3 rings (SSSR count). The summed E-state index contributed by atoms with van der Waals surface area (Å²) >= 11 is 5.69. The van der Waals surface area contributed by atoms with Crippen molar-refractivity contribution in [2.75, 3.05) is 13.1 Å². The van der Waals surface area contributed by atoms with Gasteiger partial charge in [0.25, 0.3) is 0 Å². The molecule has 11 heteroatoms. The smallest absolute Gasteiger partial charge is 0.387 e. The quantitative estimate of drug-likeness (QED) is 0.659. The van der Waals surface area contributed by atoms with E-state index in [9.17, 15) is 26.4 Å². The molecule has 168 valence electrons. The van der Waals surface area contributed by atoms with Gasteiger partial charge in [-0.3, -0.25) is 4.79 Å². The number of sulfonamides is 1. The Bertz CT molecular complexity index is 1040. The Hall–Kier alpha value is -2.30.